The molecule has 0 radical (unpaired) electrons. The summed E-state index contributed by atoms with van der Waals surface area (Å²) in [5, 5.41) is 6.02. The van der Waals surface area contributed by atoms with Crippen molar-refractivity contribution in [3.8, 4) is 0 Å². The summed E-state index contributed by atoms with van der Waals surface area (Å²) in [5.41, 5.74) is 0.509. The van der Waals surface area contributed by atoms with Gasteiger partial charge in [0, 0.05) is 19.0 Å². The number of carbonyl (C=O) groups excluding carboxylic acids is 1. The lowest BCUT2D eigenvalue weighted by molar-refractivity contribution is 0.238. The van der Waals surface area contributed by atoms with Crippen LogP contribution in [0.4, 0.5) is 4.79 Å². The second kappa shape index (κ2) is 6.18. The Balaban J connectivity index is 2.00. The van der Waals surface area contributed by atoms with Crippen molar-refractivity contribution in [1.29, 1.82) is 0 Å². The molecule has 1 heterocycles. The summed E-state index contributed by atoms with van der Waals surface area (Å²) >= 11 is 0. The predicted octanol–water partition coefficient (Wildman–Crippen LogP) is 1.17. The van der Waals surface area contributed by atoms with E-state index in [4.69, 9.17) is 0 Å². The second-order valence-electron chi connectivity index (χ2n) is 4.83. The third-order valence-corrected chi connectivity index (χ3v) is 2.73. The van der Waals surface area contributed by atoms with E-state index in [1.165, 1.54) is 0 Å². The average molecular weight is 274 g/mol. The molecule has 6 heteroatoms. The average Bonchev–Trinajstić information content (AvgIpc) is 2.38. The van der Waals surface area contributed by atoms with Crippen molar-refractivity contribution >= 4 is 16.9 Å². The number of para-hydroxylation sites is 1. The molecule has 0 saturated heterocycles. The highest BCUT2D eigenvalue weighted by Gasteiger charge is 2.05. The summed E-state index contributed by atoms with van der Waals surface area (Å²) in [6.45, 7) is 4.20. The highest BCUT2D eigenvalue weighted by Crippen LogP contribution is 2.05. The lowest BCUT2D eigenvalue weighted by atomic mass is 10.2. The Morgan fingerprint density at radius 2 is 2.10 bits per heavy atom. The van der Waals surface area contributed by atoms with E-state index in [9.17, 15) is 9.59 Å². The Morgan fingerprint density at radius 3 is 2.85 bits per heavy atom. The van der Waals surface area contributed by atoms with Crippen molar-refractivity contribution < 1.29 is 4.79 Å². The lowest BCUT2D eigenvalue weighted by Crippen LogP contribution is -2.40. The smallest absolute Gasteiger partial charge is 0.314 e. The number of amides is 2. The molecule has 0 saturated carbocycles. The van der Waals surface area contributed by atoms with Crippen molar-refractivity contribution in [2.45, 2.75) is 26.3 Å². The highest BCUT2D eigenvalue weighted by molar-refractivity contribution is 5.77. The number of H-pyrrole nitrogens is 1. The Morgan fingerprint density at radius 1 is 1.35 bits per heavy atom. The first kappa shape index (κ1) is 14.0. The summed E-state index contributed by atoms with van der Waals surface area (Å²) in [6.07, 6.45) is 0.478. The van der Waals surface area contributed by atoms with Crippen LogP contribution in [-0.4, -0.2) is 28.6 Å². The maximum Gasteiger partial charge on any atom is 0.314 e. The molecule has 1 aromatic heterocycles. The van der Waals surface area contributed by atoms with E-state index in [0.717, 1.165) is 0 Å². The molecule has 2 amide bonds. The van der Waals surface area contributed by atoms with Crippen molar-refractivity contribution in [2.24, 2.45) is 0 Å². The minimum Gasteiger partial charge on any atom is -0.338 e. The zero-order valence-electron chi connectivity index (χ0n) is 11.6. The molecule has 0 unspecified atom stereocenters. The van der Waals surface area contributed by atoms with E-state index >= 15 is 0 Å². The number of benzene rings is 1. The number of rotatable bonds is 4. The molecule has 0 bridgehead atoms. The number of aromatic amines is 1. The van der Waals surface area contributed by atoms with Gasteiger partial charge in [-0.2, -0.15) is 0 Å². The van der Waals surface area contributed by atoms with E-state index in [-0.39, 0.29) is 17.6 Å². The SMILES string of the molecule is CC(C)NC(=O)NCCc1nc2ccccc2c(=O)[nH]1. The Kier molecular flexibility index (Phi) is 4.34. The first-order valence-electron chi connectivity index (χ1n) is 6.58. The van der Waals surface area contributed by atoms with Crippen molar-refractivity contribution in [3.63, 3.8) is 0 Å². The summed E-state index contributed by atoms with van der Waals surface area (Å²) in [4.78, 5) is 30.3. The van der Waals surface area contributed by atoms with Crippen LogP contribution in [0.25, 0.3) is 10.9 Å². The Labute approximate surface area is 116 Å². The van der Waals surface area contributed by atoms with Crippen molar-refractivity contribution in [3.05, 3.63) is 40.4 Å². The third kappa shape index (κ3) is 3.57. The van der Waals surface area contributed by atoms with Gasteiger partial charge in [0.15, 0.2) is 0 Å². The summed E-state index contributed by atoms with van der Waals surface area (Å²) in [7, 11) is 0. The van der Waals surface area contributed by atoms with Gasteiger partial charge in [-0.05, 0) is 26.0 Å². The largest absolute Gasteiger partial charge is 0.338 e. The standard InChI is InChI=1S/C14H18N4O2/c1-9(2)16-14(20)15-8-7-12-17-11-6-4-3-5-10(11)13(19)18-12/h3-6,9H,7-8H2,1-2H3,(H2,15,16,20)(H,17,18,19). The number of nitrogens with one attached hydrogen (secondary N) is 3. The molecule has 106 valence electrons. The molecule has 0 spiro atoms. The first-order valence-corrected chi connectivity index (χ1v) is 6.58. The molecule has 6 nitrogen and oxygen atoms in total. The van der Waals surface area contributed by atoms with Crippen LogP contribution >= 0.6 is 0 Å². The van der Waals surface area contributed by atoms with E-state index in [0.29, 0.717) is 29.7 Å². The van der Waals surface area contributed by atoms with Gasteiger partial charge in [0.05, 0.1) is 10.9 Å². The second-order valence-corrected chi connectivity index (χ2v) is 4.83. The Hall–Kier alpha value is -2.37. The lowest BCUT2D eigenvalue weighted by Gasteiger charge is -2.09. The minimum atomic E-state index is -0.219. The monoisotopic (exact) mass is 274 g/mol. The number of nitrogens with zero attached hydrogens (tertiary/aromatic N) is 1. The highest BCUT2D eigenvalue weighted by atomic mass is 16.2. The number of urea groups is 1. The molecule has 0 aliphatic rings. The summed E-state index contributed by atoms with van der Waals surface area (Å²) < 4.78 is 0. The van der Waals surface area contributed by atoms with Crippen LogP contribution in [-0.2, 0) is 6.42 Å². The molecular formula is C14H18N4O2. The molecule has 2 rings (SSSR count). The molecule has 20 heavy (non-hydrogen) atoms. The number of hydrogen-bond donors (Lipinski definition) is 3. The topological polar surface area (TPSA) is 86.9 Å². The molecule has 0 atom stereocenters. The van der Waals surface area contributed by atoms with E-state index in [2.05, 4.69) is 20.6 Å². The normalized spacial score (nSPS) is 10.8. The number of aromatic nitrogens is 2. The van der Waals surface area contributed by atoms with Crippen LogP contribution in [0.2, 0.25) is 0 Å². The molecular weight excluding hydrogens is 256 g/mol. The van der Waals surface area contributed by atoms with Gasteiger partial charge in [0.2, 0.25) is 0 Å². The van der Waals surface area contributed by atoms with Crippen LogP contribution in [0.1, 0.15) is 19.7 Å². The van der Waals surface area contributed by atoms with Gasteiger partial charge in [-0.15, -0.1) is 0 Å². The molecule has 1 aromatic carbocycles. The summed E-state index contributed by atoms with van der Waals surface area (Å²) in [6, 6.07) is 7.05. The van der Waals surface area contributed by atoms with Gasteiger partial charge in [0.25, 0.3) is 5.56 Å². The number of carbonyl (C=O) groups is 1. The maximum atomic E-state index is 11.8. The van der Waals surface area contributed by atoms with E-state index in [1.807, 2.05) is 19.9 Å². The van der Waals surface area contributed by atoms with Crippen LogP contribution in [0.3, 0.4) is 0 Å². The Bertz CT molecular complexity index is 664. The van der Waals surface area contributed by atoms with E-state index < -0.39 is 0 Å². The van der Waals surface area contributed by atoms with Gasteiger partial charge in [-0.1, -0.05) is 12.1 Å². The number of fused-ring (bicyclic) bond motifs is 1. The van der Waals surface area contributed by atoms with Gasteiger partial charge >= 0.3 is 6.03 Å². The van der Waals surface area contributed by atoms with E-state index in [1.54, 1.807) is 18.2 Å². The maximum absolute atomic E-state index is 11.8. The van der Waals surface area contributed by atoms with Gasteiger partial charge < -0.3 is 15.6 Å². The van der Waals surface area contributed by atoms with Crippen LogP contribution in [0, 0.1) is 0 Å². The fourth-order valence-corrected chi connectivity index (χ4v) is 1.86. The van der Waals surface area contributed by atoms with Crippen LogP contribution in [0.5, 0.6) is 0 Å². The van der Waals surface area contributed by atoms with Gasteiger partial charge in [0.1, 0.15) is 5.82 Å². The van der Waals surface area contributed by atoms with Crippen LogP contribution < -0.4 is 16.2 Å². The minimum absolute atomic E-state index is 0.0913. The first-order chi connectivity index (χ1) is 9.56. The zero-order valence-corrected chi connectivity index (χ0v) is 11.6. The van der Waals surface area contributed by atoms with Crippen LogP contribution in [0.15, 0.2) is 29.1 Å². The fourth-order valence-electron chi connectivity index (χ4n) is 1.86. The fraction of sp³-hybridized carbons (Fsp3) is 0.357. The van der Waals surface area contributed by atoms with Crippen molar-refractivity contribution in [2.75, 3.05) is 6.54 Å². The molecule has 0 aliphatic carbocycles. The zero-order chi connectivity index (χ0) is 14.5. The van der Waals surface area contributed by atoms with Gasteiger partial charge in [-0.25, -0.2) is 9.78 Å². The third-order valence-electron chi connectivity index (χ3n) is 2.73. The molecule has 0 aliphatic heterocycles. The molecule has 0 fully saturated rings. The van der Waals surface area contributed by atoms with Crippen molar-refractivity contribution in [1.82, 2.24) is 20.6 Å². The predicted molar refractivity (Wildman–Crippen MR) is 77.7 cm³/mol. The molecule has 3 N–H and O–H groups in total. The quantitative estimate of drug-likeness (QED) is 0.782. The number of hydrogen-bond acceptors (Lipinski definition) is 3. The molecule has 2 aromatic rings. The van der Waals surface area contributed by atoms with Gasteiger partial charge in [-0.3, -0.25) is 4.79 Å². The summed E-state index contributed by atoms with van der Waals surface area (Å²) in [5.74, 6) is 0.568.